The average molecular weight is 160 g/mol. The number of rotatable bonds is 6. The van der Waals surface area contributed by atoms with Gasteiger partial charge in [0, 0.05) is 0 Å². The van der Waals surface area contributed by atoms with Crippen molar-refractivity contribution in [1.29, 1.82) is 0 Å². The number of hydrogen-bond donors (Lipinski definition) is 1. The highest BCUT2D eigenvalue weighted by Crippen LogP contribution is 2.01. The van der Waals surface area contributed by atoms with Gasteiger partial charge in [0.2, 0.25) is 0 Å². The monoisotopic (exact) mass is 160 g/mol. The number of hydrogen-bond acceptors (Lipinski definition) is 2. The van der Waals surface area contributed by atoms with Crippen molar-refractivity contribution in [3.63, 3.8) is 0 Å². The van der Waals surface area contributed by atoms with Gasteiger partial charge in [-0.2, -0.15) is 0 Å². The van der Waals surface area contributed by atoms with Gasteiger partial charge >= 0.3 is 6.16 Å². The first-order valence-corrected chi connectivity index (χ1v) is 4.13. The van der Waals surface area contributed by atoms with Crippen LogP contribution >= 0.6 is 0 Å². The van der Waals surface area contributed by atoms with E-state index in [4.69, 9.17) is 5.11 Å². The van der Waals surface area contributed by atoms with E-state index in [9.17, 15) is 4.79 Å². The summed E-state index contributed by atoms with van der Waals surface area (Å²) in [5, 5.41) is 8.09. The molecule has 0 heterocycles. The lowest BCUT2D eigenvalue weighted by molar-refractivity contribution is 0.0900. The second-order valence-electron chi connectivity index (χ2n) is 2.53. The van der Waals surface area contributed by atoms with Crippen LogP contribution in [0.15, 0.2) is 0 Å². The molecule has 3 nitrogen and oxygen atoms in total. The smallest absolute Gasteiger partial charge is 0.450 e. The minimum atomic E-state index is -1.17. The number of carboxylic acid groups (broad SMARTS) is 1. The molecule has 0 radical (unpaired) electrons. The molecule has 0 unspecified atom stereocenters. The van der Waals surface area contributed by atoms with E-state index in [1.54, 1.807) is 0 Å². The summed E-state index contributed by atoms with van der Waals surface area (Å²) in [6.07, 6.45) is 4.38. The van der Waals surface area contributed by atoms with Crippen LogP contribution in [0.4, 0.5) is 4.79 Å². The summed E-state index contributed by atoms with van der Waals surface area (Å²) in [5.74, 6) is 0. The molecule has 0 bridgehead atoms. The SMILES string of the molecule is CCCCCCCOC(=O)O. The first-order chi connectivity index (χ1) is 5.27. The largest absolute Gasteiger partial charge is 0.505 e. The molecule has 1 N–H and O–H groups in total. The molecule has 0 saturated carbocycles. The van der Waals surface area contributed by atoms with E-state index in [2.05, 4.69) is 11.7 Å². The average Bonchev–Trinajstić information content (AvgIpc) is 1.96. The molecule has 0 amide bonds. The molecule has 0 rings (SSSR count). The van der Waals surface area contributed by atoms with Crippen LogP contribution in [0, 0.1) is 0 Å². The van der Waals surface area contributed by atoms with Crippen LogP contribution < -0.4 is 0 Å². The summed E-state index contributed by atoms with van der Waals surface area (Å²) in [4.78, 5) is 9.87. The van der Waals surface area contributed by atoms with Crippen molar-refractivity contribution >= 4 is 6.16 Å². The van der Waals surface area contributed by atoms with E-state index in [0.29, 0.717) is 6.61 Å². The van der Waals surface area contributed by atoms with Gasteiger partial charge in [-0.1, -0.05) is 32.6 Å². The van der Waals surface area contributed by atoms with Gasteiger partial charge in [-0.15, -0.1) is 0 Å². The molecule has 11 heavy (non-hydrogen) atoms. The van der Waals surface area contributed by atoms with E-state index in [0.717, 1.165) is 12.8 Å². The first-order valence-electron chi connectivity index (χ1n) is 4.13. The van der Waals surface area contributed by atoms with Gasteiger partial charge in [0.05, 0.1) is 6.61 Å². The molecule has 0 saturated heterocycles. The van der Waals surface area contributed by atoms with Gasteiger partial charge in [-0.05, 0) is 6.42 Å². The molecule has 0 aromatic carbocycles. The van der Waals surface area contributed by atoms with Crippen LogP contribution in [0.25, 0.3) is 0 Å². The molecule has 0 fully saturated rings. The highest BCUT2D eigenvalue weighted by molar-refractivity contribution is 5.56. The summed E-state index contributed by atoms with van der Waals surface area (Å²) < 4.78 is 4.34. The Bertz CT molecular complexity index is 102. The zero-order valence-corrected chi connectivity index (χ0v) is 7.01. The fraction of sp³-hybridized carbons (Fsp3) is 0.875. The fourth-order valence-corrected chi connectivity index (χ4v) is 0.865. The summed E-state index contributed by atoms with van der Waals surface area (Å²) >= 11 is 0. The van der Waals surface area contributed by atoms with Crippen molar-refractivity contribution in [2.24, 2.45) is 0 Å². The molecule has 0 atom stereocenters. The van der Waals surface area contributed by atoms with E-state index in [1.807, 2.05) is 0 Å². The molecule has 0 aliphatic heterocycles. The molecule has 3 heteroatoms. The van der Waals surface area contributed by atoms with Crippen LogP contribution in [0.3, 0.4) is 0 Å². The maximum atomic E-state index is 9.87. The molecule has 66 valence electrons. The normalized spacial score (nSPS) is 9.55. The highest BCUT2D eigenvalue weighted by Gasteiger charge is 1.94. The minimum Gasteiger partial charge on any atom is -0.450 e. The zero-order valence-electron chi connectivity index (χ0n) is 7.01. The Morgan fingerprint density at radius 3 is 2.45 bits per heavy atom. The van der Waals surface area contributed by atoms with Crippen molar-refractivity contribution < 1.29 is 14.6 Å². The Balaban J connectivity index is 2.85. The number of ether oxygens (including phenoxy) is 1. The first kappa shape index (κ1) is 10.3. The highest BCUT2D eigenvalue weighted by atomic mass is 16.7. The lowest BCUT2D eigenvalue weighted by atomic mass is 10.2. The minimum absolute atomic E-state index is 0.346. The molecule has 0 aliphatic rings. The van der Waals surface area contributed by atoms with Gasteiger partial charge in [0.15, 0.2) is 0 Å². The van der Waals surface area contributed by atoms with Crippen LogP contribution in [-0.4, -0.2) is 17.9 Å². The van der Waals surface area contributed by atoms with Crippen LogP contribution in [0.5, 0.6) is 0 Å². The Kier molecular flexibility index (Phi) is 6.89. The van der Waals surface area contributed by atoms with E-state index in [-0.39, 0.29) is 0 Å². The number of carbonyl (C=O) groups is 1. The molecule has 0 aromatic heterocycles. The van der Waals surface area contributed by atoms with E-state index < -0.39 is 6.16 Å². The van der Waals surface area contributed by atoms with Crippen LogP contribution in [-0.2, 0) is 4.74 Å². The maximum Gasteiger partial charge on any atom is 0.505 e. The van der Waals surface area contributed by atoms with Crippen molar-refractivity contribution in [3.05, 3.63) is 0 Å². The molecular weight excluding hydrogens is 144 g/mol. The molecule has 0 spiro atoms. The third-order valence-corrected chi connectivity index (χ3v) is 1.47. The van der Waals surface area contributed by atoms with Gasteiger partial charge in [-0.3, -0.25) is 0 Å². The summed E-state index contributed by atoms with van der Waals surface area (Å²) in [6, 6.07) is 0. The third-order valence-electron chi connectivity index (χ3n) is 1.47. The molecular formula is C8H16O3. The van der Waals surface area contributed by atoms with Crippen molar-refractivity contribution in [3.8, 4) is 0 Å². The second-order valence-corrected chi connectivity index (χ2v) is 2.53. The standard InChI is InChI=1S/C8H16O3/c1-2-3-4-5-6-7-11-8(9)10/h2-7H2,1H3,(H,9,10). The predicted molar refractivity (Wildman–Crippen MR) is 42.7 cm³/mol. The van der Waals surface area contributed by atoms with Gasteiger partial charge in [0.25, 0.3) is 0 Å². The maximum absolute atomic E-state index is 9.87. The van der Waals surface area contributed by atoms with Crippen LogP contribution in [0.2, 0.25) is 0 Å². The van der Waals surface area contributed by atoms with Gasteiger partial charge < -0.3 is 9.84 Å². The molecule has 0 aliphatic carbocycles. The Morgan fingerprint density at radius 1 is 1.27 bits per heavy atom. The van der Waals surface area contributed by atoms with Gasteiger partial charge in [-0.25, -0.2) is 4.79 Å². The van der Waals surface area contributed by atoms with Crippen LogP contribution in [0.1, 0.15) is 39.0 Å². The lowest BCUT2D eigenvalue weighted by Gasteiger charge is -1.99. The fourth-order valence-electron chi connectivity index (χ4n) is 0.865. The topological polar surface area (TPSA) is 46.5 Å². The Labute approximate surface area is 67.4 Å². The lowest BCUT2D eigenvalue weighted by Crippen LogP contribution is -2.01. The predicted octanol–water partition coefficient (Wildman–Crippen LogP) is 2.65. The van der Waals surface area contributed by atoms with E-state index in [1.165, 1.54) is 19.3 Å². The Morgan fingerprint density at radius 2 is 1.91 bits per heavy atom. The number of unbranched alkanes of at least 4 members (excludes halogenated alkanes) is 4. The van der Waals surface area contributed by atoms with Crippen molar-refractivity contribution in [2.75, 3.05) is 6.61 Å². The van der Waals surface area contributed by atoms with E-state index >= 15 is 0 Å². The van der Waals surface area contributed by atoms with Crippen molar-refractivity contribution in [2.45, 2.75) is 39.0 Å². The van der Waals surface area contributed by atoms with Gasteiger partial charge in [0.1, 0.15) is 0 Å². The van der Waals surface area contributed by atoms with Crippen molar-refractivity contribution in [1.82, 2.24) is 0 Å². The summed E-state index contributed by atoms with van der Waals surface area (Å²) in [5.41, 5.74) is 0. The zero-order chi connectivity index (χ0) is 8.53. The summed E-state index contributed by atoms with van der Waals surface area (Å²) in [6.45, 7) is 2.49. The quantitative estimate of drug-likeness (QED) is 0.480. The Hall–Kier alpha value is -0.730. The summed E-state index contributed by atoms with van der Waals surface area (Å²) in [7, 11) is 0. The molecule has 0 aromatic rings. The third kappa shape index (κ3) is 9.27. The second kappa shape index (κ2) is 7.38.